The summed E-state index contributed by atoms with van der Waals surface area (Å²) in [5.41, 5.74) is 4.48. The van der Waals surface area contributed by atoms with Crippen molar-refractivity contribution < 1.29 is 0 Å². The topological polar surface area (TPSA) is 25.8 Å². The molecule has 88 valence electrons. The second-order valence-electron chi connectivity index (χ2n) is 4.03. The van der Waals surface area contributed by atoms with E-state index in [9.17, 15) is 0 Å². The largest absolute Gasteiger partial charge is 0.238 e. The Morgan fingerprint density at radius 2 is 1.71 bits per heavy atom. The molecule has 3 heteroatoms. The van der Waals surface area contributed by atoms with E-state index in [1.54, 1.807) is 11.8 Å². The maximum Gasteiger partial charge on any atom is 0.126 e. The summed E-state index contributed by atoms with van der Waals surface area (Å²) in [4.78, 5) is 10.2. The van der Waals surface area contributed by atoms with Gasteiger partial charge in [-0.25, -0.2) is 9.97 Å². The lowest BCUT2D eigenvalue weighted by atomic mass is 10.1. The average Bonchev–Trinajstić information content (AvgIpc) is 2.33. The van der Waals surface area contributed by atoms with Crippen LogP contribution in [-0.2, 0) is 0 Å². The van der Waals surface area contributed by atoms with E-state index in [4.69, 9.17) is 0 Å². The fraction of sp³-hybridized carbons (Fsp3) is 0.286. The quantitative estimate of drug-likeness (QED) is 0.752. The second-order valence-corrected chi connectivity index (χ2v) is 4.88. The molecule has 2 aromatic rings. The number of thioether (sulfide) groups is 1. The Morgan fingerprint density at radius 3 is 2.41 bits per heavy atom. The van der Waals surface area contributed by atoms with Gasteiger partial charge >= 0.3 is 0 Å². The second kappa shape index (κ2) is 4.88. The third kappa shape index (κ3) is 2.34. The monoisotopic (exact) mass is 244 g/mol. The van der Waals surface area contributed by atoms with E-state index in [1.165, 1.54) is 10.5 Å². The van der Waals surface area contributed by atoms with Gasteiger partial charge in [0.15, 0.2) is 0 Å². The molecule has 2 nitrogen and oxygen atoms in total. The zero-order valence-corrected chi connectivity index (χ0v) is 11.4. The van der Waals surface area contributed by atoms with E-state index >= 15 is 0 Å². The van der Waals surface area contributed by atoms with Crippen LogP contribution in [0.1, 0.15) is 17.1 Å². The van der Waals surface area contributed by atoms with Gasteiger partial charge in [0.1, 0.15) is 5.82 Å². The van der Waals surface area contributed by atoms with Crippen LogP contribution in [0.5, 0.6) is 0 Å². The first-order valence-electron chi connectivity index (χ1n) is 5.58. The van der Waals surface area contributed by atoms with Crippen LogP contribution in [0.15, 0.2) is 29.2 Å². The molecule has 0 aliphatic heterocycles. The molecule has 0 aliphatic carbocycles. The van der Waals surface area contributed by atoms with Crippen molar-refractivity contribution in [1.29, 1.82) is 0 Å². The SMILES string of the molecule is CSc1ccccc1-c1nc(C)nc(C)c1C. The van der Waals surface area contributed by atoms with Crippen LogP contribution in [0, 0.1) is 20.8 Å². The van der Waals surface area contributed by atoms with Crippen LogP contribution < -0.4 is 0 Å². The molecule has 0 bridgehead atoms. The van der Waals surface area contributed by atoms with Crippen molar-refractivity contribution in [2.75, 3.05) is 6.26 Å². The molecule has 0 unspecified atom stereocenters. The molecular weight excluding hydrogens is 228 g/mol. The van der Waals surface area contributed by atoms with Gasteiger partial charge < -0.3 is 0 Å². The van der Waals surface area contributed by atoms with Crippen molar-refractivity contribution >= 4 is 11.8 Å². The third-order valence-electron chi connectivity index (χ3n) is 2.86. The van der Waals surface area contributed by atoms with Crippen LogP contribution in [0.4, 0.5) is 0 Å². The van der Waals surface area contributed by atoms with Crippen LogP contribution in [0.3, 0.4) is 0 Å². The Morgan fingerprint density at radius 1 is 1.00 bits per heavy atom. The zero-order valence-electron chi connectivity index (χ0n) is 10.6. The van der Waals surface area contributed by atoms with Crippen LogP contribution in [-0.4, -0.2) is 16.2 Å². The van der Waals surface area contributed by atoms with Gasteiger partial charge in [-0.15, -0.1) is 11.8 Å². The maximum atomic E-state index is 4.59. The van der Waals surface area contributed by atoms with Crippen molar-refractivity contribution in [3.05, 3.63) is 41.3 Å². The minimum absolute atomic E-state index is 0.832. The minimum atomic E-state index is 0.832. The molecule has 0 saturated carbocycles. The first-order valence-corrected chi connectivity index (χ1v) is 6.81. The lowest BCUT2D eigenvalue weighted by Gasteiger charge is -2.11. The van der Waals surface area contributed by atoms with Gasteiger partial charge in [0.2, 0.25) is 0 Å². The van der Waals surface area contributed by atoms with Crippen molar-refractivity contribution in [2.45, 2.75) is 25.7 Å². The zero-order chi connectivity index (χ0) is 12.4. The predicted molar refractivity (Wildman–Crippen MR) is 73.5 cm³/mol. The molecule has 0 spiro atoms. The molecule has 0 atom stereocenters. The summed E-state index contributed by atoms with van der Waals surface area (Å²) in [6, 6.07) is 8.37. The molecule has 1 aromatic carbocycles. The molecule has 1 aromatic heterocycles. The predicted octanol–water partition coefficient (Wildman–Crippen LogP) is 3.79. The normalized spacial score (nSPS) is 10.6. The third-order valence-corrected chi connectivity index (χ3v) is 3.66. The van der Waals surface area contributed by atoms with Crippen molar-refractivity contribution in [2.24, 2.45) is 0 Å². The van der Waals surface area contributed by atoms with Crippen molar-refractivity contribution in [3.8, 4) is 11.3 Å². The Labute approximate surface area is 107 Å². The summed E-state index contributed by atoms with van der Waals surface area (Å²) in [7, 11) is 0. The molecule has 1 heterocycles. The lowest BCUT2D eigenvalue weighted by Crippen LogP contribution is -1.99. The summed E-state index contributed by atoms with van der Waals surface area (Å²) >= 11 is 1.75. The highest BCUT2D eigenvalue weighted by Crippen LogP contribution is 2.31. The molecular formula is C14H16N2S. The van der Waals surface area contributed by atoms with Gasteiger partial charge in [0.05, 0.1) is 5.69 Å². The van der Waals surface area contributed by atoms with Crippen LogP contribution >= 0.6 is 11.8 Å². The summed E-state index contributed by atoms with van der Waals surface area (Å²) < 4.78 is 0. The van der Waals surface area contributed by atoms with Gasteiger partial charge in [0.25, 0.3) is 0 Å². The molecule has 2 rings (SSSR count). The lowest BCUT2D eigenvalue weighted by molar-refractivity contribution is 0.989. The highest BCUT2D eigenvalue weighted by Gasteiger charge is 2.11. The number of hydrogen-bond acceptors (Lipinski definition) is 3. The van der Waals surface area contributed by atoms with E-state index < -0.39 is 0 Å². The number of rotatable bonds is 2. The van der Waals surface area contributed by atoms with E-state index in [0.717, 1.165) is 22.8 Å². The van der Waals surface area contributed by atoms with E-state index in [0.29, 0.717) is 0 Å². The van der Waals surface area contributed by atoms with Gasteiger partial charge in [0, 0.05) is 16.2 Å². The van der Waals surface area contributed by atoms with Crippen molar-refractivity contribution in [3.63, 3.8) is 0 Å². The Hall–Kier alpha value is -1.35. The number of nitrogens with zero attached hydrogens (tertiary/aromatic N) is 2. The maximum absolute atomic E-state index is 4.59. The number of aromatic nitrogens is 2. The standard InChI is InChI=1S/C14H16N2S/c1-9-10(2)15-11(3)16-14(9)12-7-5-6-8-13(12)17-4/h5-8H,1-4H3. The highest BCUT2D eigenvalue weighted by atomic mass is 32.2. The number of benzene rings is 1. The van der Waals surface area contributed by atoms with Gasteiger partial charge in [-0.1, -0.05) is 18.2 Å². The molecule has 0 radical (unpaired) electrons. The van der Waals surface area contributed by atoms with Gasteiger partial charge in [-0.05, 0) is 38.7 Å². The van der Waals surface area contributed by atoms with Crippen molar-refractivity contribution in [1.82, 2.24) is 9.97 Å². The molecule has 0 N–H and O–H groups in total. The van der Waals surface area contributed by atoms with Crippen LogP contribution in [0.25, 0.3) is 11.3 Å². The Bertz CT molecular complexity index is 550. The Balaban J connectivity index is 2.68. The highest BCUT2D eigenvalue weighted by molar-refractivity contribution is 7.98. The summed E-state index contributed by atoms with van der Waals surface area (Å²) in [6.07, 6.45) is 2.09. The summed E-state index contributed by atoms with van der Waals surface area (Å²) in [5.74, 6) is 0.832. The Kier molecular flexibility index (Phi) is 3.48. The minimum Gasteiger partial charge on any atom is -0.238 e. The number of aryl methyl sites for hydroxylation is 2. The fourth-order valence-corrected chi connectivity index (χ4v) is 2.47. The molecule has 0 amide bonds. The molecule has 0 saturated heterocycles. The molecule has 0 fully saturated rings. The average molecular weight is 244 g/mol. The van der Waals surface area contributed by atoms with Crippen LogP contribution in [0.2, 0.25) is 0 Å². The first kappa shape index (κ1) is 12.1. The van der Waals surface area contributed by atoms with E-state index in [1.807, 2.05) is 13.8 Å². The smallest absolute Gasteiger partial charge is 0.126 e. The fourth-order valence-electron chi connectivity index (χ4n) is 1.87. The number of hydrogen-bond donors (Lipinski definition) is 0. The van der Waals surface area contributed by atoms with Gasteiger partial charge in [-0.3, -0.25) is 0 Å². The van der Waals surface area contributed by atoms with E-state index in [-0.39, 0.29) is 0 Å². The summed E-state index contributed by atoms with van der Waals surface area (Å²) in [5, 5.41) is 0. The summed E-state index contributed by atoms with van der Waals surface area (Å²) in [6.45, 7) is 6.06. The van der Waals surface area contributed by atoms with E-state index in [2.05, 4.69) is 47.4 Å². The molecule has 0 aliphatic rings. The molecule has 17 heavy (non-hydrogen) atoms. The van der Waals surface area contributed by atoms with Gasteiger partial charge in [-0.2, -0.15) is 0 Å². The first-order chi connectivity index (χ1) is 8.13.